The lowest BCUT2D eigenvalue weighted by Gasteiger charge is -2.45. The summed E-state index contributed by atoms with van der Waals surface area (Å²) in [6.07, 6.45) is 3.05. The van der Waals surface area contributed by atoms with E-state index in [4.69, 9.17) is 39.5 Å². The van der Waals surface area contributed by atoms with Crippen molar-refractivity contribution in [3.05, 3.63) is 62.6 Å². The molecule has 0 radical (unpaired) electrons. The number of hydrogen-bond donors (Lipinski definition) is 1. The number of carbonyl (C=O) groups excluding carboxylic acids is 1. The zero-order valence-corrected chi connectivity index (χ0v) is 20.6. The smallest absolute Gasteiger partial charge is 0.274 e. The Bertz CT molecular complexity index is 1200. The highest BCUT2D eigenvalue weighted by Crippen LogP contribution is 2.52. The number of anilines is 1. The van der Waals surface area contributed by atoms with E-state index in [1.807, 2.05) is 19.9 Å². The third-order valence-electron chi connectivity index (χ3n) is 6.35. The fraction of sp³-hybridized carbons (Fsp3) is 0.375. The van der Waals surface area contributed by atoms with Crippen LogP contribution in [-0.4, -0.2) is 35.2 Å². The molecule has 3 aliphatic heterocycles. The van der Waals surface area contributed by atoms with Gasteiger partial charge in [0.05, 0.1) is 16.3 Å². The Balaban J connectivity index is 1.67. The summed E-state index contributed by atoms with van der Waals surface area (Å²) in [7, 11) is 0. The molecular formula is C24H23Cl3N4O2. The van der Waals surface area contributed by atoms with Crippen molar-refractivity contribution in [1.82, 2.24) is 4.90 Å². The molecule has 6 nitrogen and oxygen atoms in total. The second-order valence-electron chi connectivity index (χ2n) is 8.97. The lowest BCUT2D eigenvalue weighted by Crippen LogP contribution is -2.61. The van der Waals surface area contributed by atoms with Gasteiger partial charge in [0, 0.05) is 28.7 Å². The first-order chi connectivity index (χ1) is 15.7. The predicted octanol–water partition coefficient (Wildman–Crippen LogP) is 6.82. The van der Waals surface area contributed by atoms with E-state index in [9.17, 15) is 4.79 Å². The Hall–Kier alpha value is -2.12. The number of likely N-dealkylation sites (tertiary alicyclic amines) is 1. The quantitative estimate of drug-likeness (QED) is 0.498. The number of hydrogen-bond acceptors (Lipinski definition) is 5. The van der Waals surface area contributed by atoms with E-state index in [1.54, 1.807) is 30.3 Å². The van der Waals surface area contributed by atoms with Crippen LogP contribution in [0.4, 0.5) is 5.69 Å². The Morgan fingerprint density at radius 2 is 1.73 bits per heavy atom. The highest BCUT2D eigenvalue weighted by molar-refractivity contribution is 6.36. The number of fused-ring (bicyclic) bond motifs is 2. The van der Waals surface area contributed by atoms with Crippen molar-refractivity contribution < 1.29 is 9.53 Å². The minimum absolute atomic E-state index is 0.329. The number of rotatable bonds is 3. The van der Waals surface area contributed by atoms with Crippen LogP contribution >= 0.6 is 34.8 Å². The molecule has 3 aliphatic rings. The summed E-state index contributed by atoms with van der Waals surface area (Å²) in [6.45, 7) is 5.32. The lowest BCUT2D eigenvalue weighted by molar-refractivity contribution is -0.127. The Kier molecular flexibility index (Phi) is 5.68. The predicted molar refractivity (Wildman–Crippen MR) is 131 cm³/mol. The molecule has 5 rings (SSSR count). The van der Waals surface area contributed by atoms with Crippen LogP contribution in [0.25, 0.3) is 5.70 Å². The second kappa shape index (κ2) is 8.27. The topological polar surface area (TPSA) is 66.3 Å². The van der Waals surface area contributed by atoms with Crippen molar-refractivity contribution in [2.45, 2.75) is 44.4 Å². The highest BCUT2D eigenvalue weighted by atomic mass is 35.5. The maximum absolute atomic E-state index is 14.1. The molecule has 0 saturated carbocycles. The summed E-state index contributed by atoms with van der Waals surface area (Å²) in [5.74, 6) is 0.335. The van der Waals surface area contributed by atoms with Crippen molar-refractivity contribution in [1.29, 1.82) is 0 Å². The SMILES string of the molecule is CC1(C)Oc2ccc(Cl)cc2C2=C1C(C(=O)Nc1ccc(Cl)cc1Cl)(N1CCCCC1)N=N2. The number of nitrogens with zero attached hydrogens (tertiary/aromatic N) is 3. The van der Waals surface area contributed by atoms with Crippen molar-refractivity contribution in [2.24, 2.45) is 10.2 Å². The summed E-state index contributed by atoms with van der Waals surface area (Å²) in [4.78, 5) is 16.2. The van der Waals surface area contributed by atoms with Crippen molar-refractivity contribution in [3.8, 4) is 5.75 Å². The minimum Gasteiger partial charge on any atom is -0.483 e. The van der Waals surface area contributed by atoms with Gasteiger partial charge in [-0.2, -0.15) is 10.2 Å². The van der Waals surface area contributed by atoms with Crippen LogP contribution in [-0.2, 0) is 4.79 Å². The molecule has 0 bridgehead atoms. The Labute approximate surface area is 207 Å². The molecule has 172 valence electrons. The van der Waals surface area contributed by atoms with Crippen LogP contribution in [0.2, 0.25) is 15.1 Å². The first kappa shape index (κ1) is 22.7. The summed E-state index contributed by atoms with van der Waals surface area (Å²) in [5.41, 5.74) is 0.336. The zero-order valence-electron chi connectivity index (χ0n) is 18.3. The third kappa shape index (κ3) is 3.73. The fourth-order valence-corrected chi connectivity index (χ4v) is 5.55. The van der Waals surface area contributed by atoms with Crippen molar-refractivity contribution in [2.75, 3.05) is 18.4 Å². The Morgan fingerprint density at radius 3 is 2.45 bits per heavy atom. The van der Waals surface area contributed by atoms with Gasteiger partial charge in [0.25, 0.3) is 5.91 Å². The second-order valence-corrected chi connectivity index (χ2v) is 10.3. The van der Waals surface area contributed by atoms with E-state index >= 15 is 0 Å². The van der Waals surface area contributed by atoms with Crippen LogP contribution in [0.15, 0.2) is 52.2 Å². The van der Waals surface area contributed by atoms with E-state index in [0.717, 1.165) is 37.9 Å². The number of piperidine rings is 1. The molecule has 0 aliphatic carbocycles. The molecule has 1 saturated heterocycles. The molecule has 3 heterocycles. The van der Waals surface area contributed by atoms with Gasteiger partial charge in [-0.05, 0) is 63.1 Å². The van der Waals surface area contributed by atoms with Crippen LogP contribution in [0.1, 0.15) is 38.7 Å². The summed E-state index contributed by atoms with van der Waals surface area (Å²) >= 11 is 18.7. The van der Waals surface area contributed by atoms with Crippen LogP contribution in [0.3, 0.4) is 0 Å². The average Bonchev–Trinajstić information content (AvgIpc) is 3.20. The number of azo groups is 1. The van der Waals surface area contributed by atoms with Gasteiger partial charge in [-0.25, -0.2) is 0 Å². The number of benzene rings is 2. The highest BCUT2D eigenvalue weighted by Gasteiger charge is 2.59. The van der Waals surface area contributed by atoms with E-state index in [1.165, 1.54) is 0 Å². The fourth-order valence-electron chi connectivity index (χ4n) is 4.92. The molecule has 1 unspecified atom stereocenters. The van der Waals surface area contributed by atoms with Gasteiger partial charge in [-0.15, -0.1) is 0 Å². The molecule has 9 heteroatoms. The van der Waals surface area contributed by atoms with Crippen LogP contribution in [0, 0.1) is 0 Å². The molecule has 1 fully saturated rings. The molecule has 2 aromatic rings. The third-order valence-corrected chi connectivity index (χ3v) is 7.14. The monoisotopic (exact) mass is 504 g/mol. The maximum Gasteiger partial charge on any atom is 0.274 e. The number of ether oxygens (including phenoxy) is 1. The van der Waals surface area contributed by atoms with E-state index < -0.39 is 11.3 Å². The minimum atomic E-state index is -1.36. The van der Waals surface area contributed by atoms with Crippen LogP contribution in [0.5, 0.6) is 5.75 Å². The maximum atomic E-state index is 14.1. The van der Waals surface area contributed by atoms with Crippen molar-refractivity contribution in [3.63, 3.8) is 0 Å². The molecule has 1 N–H and O–H groups in total. The molecule has 0 spiro atoms. The van der Waals surface area contributed by atoms with E-state index in [-0.39, 0.29) is 5.91 Å². The van der Waals surface area contributed by atoms with Gasteiger partial charge in [-0.3, -0.25) is 9.69 Å². The molecule has 1 atom stereocenters. The molecule has 33 heavy (non-hydrogen) atoms. The summed E-state index contributed by atoms with van der Waals surface area (Å²) in [6, 6.07) is 10.4. The largest absolute Gasteiger partial charge is 0.483 e. The van der Waals surface area contributed by atoms with E-state index in [0.29, 0.717) is 37.8 Å². The standard InChI is InChI=1S/C24H23Cl3N4O2/c1-23(2)21-20(16-12-14(25)7-9-19(16)33-23)29-30-24(21,31-10-4-3-5-11-31)22(32)28-18-8-6-15(26)13-17(18)27/h6-9,12-13H,3-5,10-11H2,1-2H3,(H,28,32). The van der Waals surface area contributed by atoms with E-state index in [2.05, 4.69) is 20.4 Å². The molecule has 1 amide bonds. The van der Waals surface area contributed by atoms with Gasteiger partial charge >= 0.3 is 0 Å². The molecular weight excluding hydrogens is 483 g/mol. The van der Waals surface area contributed by atoms with Gasteiger partial charge in [-0.1, -0.05) is 41.2 Å². The van der Waals surface area contributed by atoms with Gasteiger partial charge in [0.2, 0.25) is 5.66 Å². The summed E-state index contributed by atoms with van der Waals surface area (Å²) in [5, 5.41) is 13.6. The lowest BCUT2D eigenvalue weighted by atomic mass is 9.80. The number of nitrogens with one attached hydrogen (secondary N) is 1. The normalized spacial score (nSPS) is 23.7. The van der Waals surface area contributed by atoms with Gasteiger partial charge < -0.3 is 10.1 Å². The zero-order chi connectivity index (χ0) is 23.4. The number of halogens is 3. The van der Waals surface area contributed by atoms with Crippen LogP contribution < -0.4 is 10.1 Å². The van der Waals surface area contributed by atoms with Gasteiger partial charge in [0.15, 0.2) is 0 Å². The average molecular weight is 506 g/mol. The van der Waals surface area contributed by atoms with Crippen molar-refractivity contribution >= 4 is 52.1 Å². The molecule has 0 aromatic heterocycles. The first-order valence-electron chi connectivity index (χ1n) is 10.9. The number of carbonyl (C=O) groups is 1. The Morgan fingerprint density at radius 1 is 1.03 bits per heavy atom. The van der Waals surface area contributed by atoms with Gasteiger partial charge in [0.1, 0.15) is 17.0 Å². The number of amides is 1. The molecule has 2 aromatic carbocycles. The first-order valence-corrected chi connectivity index (χ1v) is 12.0. The summed E-state index contributed by atoms with van der Waals surface area (Å²) < 4.78 is 6.39.